The molecule has 0 bridgehead atoms. The molecule has 0 fully saturated rings. The Hall–Kier alpha value is -0.190. The Morgan fingerprint density at radius 1 is 1.47 bits per heavy atom. The van der Waals surface area contributed by atoms with Gasteiger partial charge < -0.3 is 9.84 Å². The highest BCUT2D eigenvalue weighted by Crippen LogP contribution is 2.24. The van der Waals surface area contributed by atoms with E-state index in [9.17, 15) is 0 Å². The molecule has 1 atom stereocenters. The van der Waals surface area contributed by atoms with Gasteiger partial charge in [0.05, 0.1) is 17.7 Å². The maximum atomic E-state index is 8.83. The quantitative estimate of drug-likeness (QED) is 0.817. The van der Waals surface area contributed by atoms with Crippen LogP contribution in [0.2, 0.25) is 0 Å². The maximum Gasteiger partial charge on any atom is 0.133 e. The van der Waals surface area contributed by atoms with Crippen molar-refractivity contribution in [3.05, 3.63) is 28.7 Å². The van der Waals surface area contributed by atoms with Crippen molar-refractivity contribution in [3.8, 4) is 5.75 Å². The minimum Gasteiger partial charge on any atom is -0.492 e. The zero-order chi connectivity index (χ0) is 11.1. The van der Waals surface area contributed by atoms with Crippen LogP contribution in [-0.2, 0) is 0 Å². The van der Waals surface area contributed by atoms with Crippen LogP contribution in [0.5, 0.6) is 5.75 Å². The monoisotopic (exact) mass is 290 g/mol. The van der Waals surface area contributed by atoms with Gasteiger partial charge in [-0.25, -0.2) is 0 Å². The molecule has 4 heteroatoms. The lowest BCUT2D eigenvalue weighted by atomic mass is 10.3. The second-order valence-corrected chi connectivity index (χ2v) is 5.54. The molecule has 0 heterocycles. The summed E-state index contributed by atoms with van der Waals surface area (Å²) >= 11 is 5.13. The molecule has 2 nitrogen and oxygen atoms in total. The lowest BCUT2D eigenvalue weighted by Crippen LogP contribution is -2.07. The van der Waals surface area contributed by atoms with Crippen LogP contribution < -0.4 is 4.74 Å². The second kappa shape index (κ2) is 7.14. The lowest BCUT2D eigenvalue weighted by molar-refractivity contribution is 0.299. The van der Waals surface area contributed by atoms with Crippen LogP contribution in [0.25, 0.3) is 0 Å². The van der Waals surface area contributed by atoms with E-state index >= 15 is 0 Å². The van der Waals surface area contributed by atoms with Gasteiger partial charge in [-0.15, -0.1) is 0 Å². The summed E-state index contributed by atoms with van der Waals surface area (Å²) in [5.41, 5.74) is 0. The molecule has 0 saturated heterocycles. The molecular weight excluding hydrogens is 276 g/mol. The molecule has 0 radical (unpaired) electrons. The zero-order valence-corrected chi connectivity index (χ0v) is 11.1. The molecule has 0 aromatic heterocycles. The third kappa shape index (κ3) is 4.91. The van der Waals surface area contributed by atoms with Gasteiger partial charge in [0, 0.05) is 11.0 Å². The summed E-state index contributed by atoms with van der Waals surface area (Å²) in [6.45, 7) is 2.89. The van der Waals surface area contributed by atoms with Crippen LogP contribution in [0.3, 0.4) is 0 Å². The van der Waals surface area contributed by atoms with Crippen LogP contribution in [0.4, 0.5) is 0 Å². The molecule has 1 unspecified atom stereocenters. The number of ether oxygens (including phenoxy) is 1. The van der Waals surface area contributed by atoms with Crippen LogP contribution in [0.1, 0.15) is 6.92 Å². The Balaban J connectivity index is 2.23. The lowest BCUT2D eigenvalue weighted by Gasteiger charge is -2.09. The molecule has 1 aromatic rings. The Labute approximate surface area is 103 Å². The van der Waals surface area contributed by atoms with Crippen molar-refractivity contribution >= 4 is 27.7 Å². The van der Waals surface area contributed by atoms with Crippen LogP contribution in [-0.4, -0.2) is 29.3 Å². The fourth-order valence-corrected chi connectivity index (χ4v) is 2.10. The molecule has 1 aromatic carbocycles. The smallest absolute Gasteiger partial charge is 0.133 e. The van der Waals surface area contributed by atoms with E-state index in [0.717, 1.165) is 16.0 Å². The zero-order valence-electron chi connectivity index (χ0n) is 8.65. The van der Waals surface area contributed by atoms with E-state index < -0.39 is 0 Å². The summed E-state index contributed by atoms with van der Waals surface area (Å²) < 4.78 is 6.56. The molecule has 0 amide bonds. The van der Waals surface area contributed by atoms with E-state index in [0.29, 0.717) is 6.61 Å². The van der Waals surface area contributed by atoms with Gasteiger partial charge in [-0.1, -0.05) is 19.1 Å². The van der Waals surface area contributed by atoms with Gasteiger partial charge in [-0.2, -0.15) is 11.8 Å². The predicted molar refractivity (Wildman–Crippen MR) is 68.6 cm³/mol. The van der Waals surface area contributed by atoms with Crippen molar-refractivity contribution in [2.24, 2.45) is 0 Å². The van der Waals surface area contributed by atoms with Crippen molar-refractivity contribution in [3.63, 3.8) is 0 Å². The molecule has 1 N–H and O–H groups in total. The van der Waals surface area contributed by atoms with E-state index in [1.165, 1.54) is 0 Å². The largest absolute Gasteiger partial charge is 0.492 e. The number of aliphatic hydroxyl groups is 1. The fourth-order valence-electron chi connectivity index (χ4n) is 1.02. The van der Waals surface area contributed by atoms with Crippen LogP contribution in [0, 0.1) is 0 Å². The van der Waals surface area contributed by atoms with Crippen molar-refractivity contribution in [2.45, 2.75) is 12.2 Å². The average molecular weight is 291 g/mol. The van der Waals surface area contributed by atoms with Crippen LogP contribution >= 0.6 is 27.7 Å². The Kier molecular flexibility index (Phi) is 6.13. The number of halogens is 1. The Bertz CT molecular complexity index is 294. The maximum absolute atomic E-state index is 8.83. The number of aliphatic hydroxyl groups excluding tert-OH is 1. The molecule has 0 aliphatic carbocycles. The summed E-state index contributed by atoms with van der Waals surface area (Å²) in [4.78, 5) is 0. The van der Waals surface area contributed by atoms with Crippen molar-refractivity contribution in [1.82, 2.24) is 0 Å². The van der Waals surface area contributed by atoms with Crippen molar-refractivity contribution < 1.29 is 9.84 Å². The molecular formula is C11H15BrO2S. The molecule has 1 rings (SSSR count). The number of hydrogen-bond acceptors (Lipinski definition) is 3. The number of para-hydroxylation sites is 1. The molecule has 15 heavy (non-hydrogen) atoms. The molecule has 0 saturated carbocycles. The highest BCUT2D eigenvalue weighted by atomic mass is 79.9. The van der Waals surface area contributed by atoms with Crippen LogP contribution in [0.15, 0.2) is 28.7 Å². The number of hydrogen-bond donors (Lipinski definition) is 1. The molecule has 0 aliphatic rings. The van der Waals surface area contributed by atoms with E-state index in [4.69, 9.17) is 9.84 Å². The standard InChI is InChI=1S/C11H15BrO2S/c1-9(8-13)15-7-6-14-11-5-3-2-4-10(11)12/h2-5,9,13H,6-8H2,1H3. The SMILES string of the molecule is CC(CO)SCCOc1ccccc1Br. The highest BCUT2D eigenvalue weighted by Gasteiger charge is 2.01. The van der Waals surface area contributed by atoms with Gasteiger partial charge >= 0.3 is 0 Å². The van der Waals surface area contributed by atoms with Gasteiger partial charge in [-0.3, -0.25) is 0 Å². The third-order valence-electron chi connectivity index (χ3n) is 1.84. The van der Waals surface area contributed by atoms with E-state index in [1.54, 1.807) is 11.8 Å². The summed E-state index contributed by atoms with van der Waals surface area (Å²) in [6, 6.07) is 7.80. The number of rotatable bonds is 6. The minimum atomic E-state index is 0.222. The number of benzene rings is 1. The topological polar surface area (TPSA) is 29.5 Å². The number of thioether (sulfide) groups is 1. The van der Waals surface area contributed by atoms with Gasteiger partial charge in [0.2, 0.25) is 0 Å². The van der Waals surface area contributed by atoms with Gasteiger partial charge in [0.25, 0.3) is 0 Å². The first-order chi connectivity index (χ1) is 7.24. The highest BCUT2D eigenvalue weighted by molar-refractivity contribution is 9.10. The van der Waals surface area contributed by atoms with Gasteiger partial charge in [-0.05, 0) is 28.1 Å². The first-order valence-corrected chi connectivity index (χ1v) is 6.68. The van der Waals surface area contributed by atoms with Gasteiger partial charge in [0.1, 0.15) is 5.75 Å². The second-order valence-electron chi connectivity index (χ2n) is 3.14. The summed E-state index contributed by atoms with van der Waals surface area (Å²) in [5, 5.41) is 9.11. The average Bonchev–Trinajstić information content (AvgIpc) is 2.26. The van der Waals surface area contributed by atoms with E-state index in [1.807, 2.05) is 31.2 Å². The minimum absolute atomic E-state index is 0.222. The summed E-state index contributed by atoms with van der Waals surface area (Å²) in [5.74, 6) is 1.76. The fraction of sp³-hybridized carbons (Fsp3) is 0.455. The van der Waals surface area contributed by atoms with Crippen molar-refractivity contribution in [2.75, 3.05) is 19.0 Å². The van der Waals surface area contributed by atoms with E-state index in [2.05, 4.69) is 15.9 Å². The van der Waals surface area contributed by atoms with Crippen molar-refractivity contribution in [1.29, 1.82) is 0 Å². The Morgan fingerprint density at radius 2 is 2.20 bits per heavy atom. The molecule has 0 spiro atoms. The first kappa shape index (κ1) is 12.9. The Morgan fingerprint density at radius 3 is 2.87 bits per heavy atom. The predicted octanol–water partition coefficient (Wildman–Crippen LogP) is 2.94. The molecule has 84 valence electrons. The van der Waals surface area contributed by atoms with Gasteiger partial charge in [0.15, 0.2) is 0 Å². The summed E-state index contributed by atoms with van der Waals surface area (Å²) in [7, 11) is 0. The molecule has 0 aliphatic heterocycles. The third-order valence-corrected chi connectivity index (χ3v) is 3.61. The normalized spacial score (nSPS) is 12.5. The first-order valence-electron chi connectivity index (χ1n) is 4.84. The van der Waals surface area contributed by atoms with E-state index in [-0.39, 0.29) is 11.9 Å². The summed E-state index contributed by atoms with van der Waals surface area (Å²) in [6.07, 6.45) is 0.